The highest BCUT2D eigenvalue weighted by molar-refractivity contribution is 5.99. The summed E-state index contributed by atoms with van der Waals surface area (Å²) < 4.78 is 5.98. The predicted molar refractivity (Wildman–Crippen MR) is 117 cm³/mol. The Morgan fingerprint density at radius 2 is 1.66 bits per heavy atom. The Morgan fingerprint density at radius 1 is 0.862 bits per heavy atom. The lowest BCUT2D eigenvalue weighted by Gasteiger charge is -2.22. The van der Waals surface area contributed by atoms with Crippen molar-refractivity contribution in [2.45, 2.75) is 26.2 Å². The number of pyridine rings is 1. The highest BCUT2D eigenvalue weighted by atomic mass is 16.3. The van der Waals surface area contributed by atoms with Gasteiger partial charge in [-0.15, -0.1) is 0 Å². The molecule has 0 aliphatic carbocycles. The van der Waals surface area contributed by atoms with E-state index in [1.54, 1.807) is 25.0 Å². The third kappa shape index (κ3) is 2.97. The van der Waals surface area contributed by atoms with E-state index in [9.17, 15) is 0 Å². The van der Waals surface area contributed by atoms with Crippen LogP contribution in [0.1, 0.15) is 26.3 Å². The number of rotatable bonds is 2. The number of benzene rings is 2. The molecule has 3 heterocycles. The molecule has 0 unspecified atom stereocenters. The number of nitrogens with zero attached hydrogens (tertiary/aromatic N) is 3. The zero-order valence-corrected chi connectivity index (χ0v) is 16.7. The molecule has 4 nitrogen and oxygen atoms in total. The third-order valence-electron chi connectivity index (χ3n) is 5.29. The maximum absolute atomic E-state index is 5.98. The van der Waals surface area contributed by atoms with E-state index in [2.05, 4.69) is 72.1 Å². The van der Waals surface area contributed by atoms with Gasteiger partial charge in [-0.05, 0) is 51.6 Å². The molecule has 142 valence electrons. The zero-order valence-electron chi connectivity index (χ0n) is 16.7. The molecule has 0 saturated carbocycles. The zero-order chi connectivity index (χ0) is 20.0. The monoisotopic (exact) mass is 379 g/mol. The van der Waals surface area contributed by atoms with Crippen LogP contribution in [0.4, 0.5) is 0 Å². The fraction of sp³-hybridized carbons (Fsp3) is 0.160. The largest absolute Gasteiger partial charge is 0.460 e. The lowest BCUT2D eigenvalue weighted by Crippen LogP contribution is -2.12. The molecule has 0 radical (unpaired) electrons. The first-order chi connectivity index (χ1) is 14.0. The molecule has 0 aliphatic heterocycles. The lowest BCUT2D eigenvalue weighted by molar-refractivity contribution is 0.596. The molecule has 0 bridgehead atoms. The fourth-order valence-corrected chi connectivity index (χ4v) is 3.86. The first-order valence-electron chi connectivity index (χ1n) is 9.68. The van der Waals surface area contributed by atoms with E-state index in [0.717, 1.165) is 27.9 Å². The average molecular weight is 379 g/mol. The highest BCUT2D eigenvalue weighted by Crippen LogP contribution is 2.38. The topological polar surface area (TPSA) is 51.8 Å². The van der Waals surface area contributed by atoms with Gasteiger partial charge in [0, 0.05) is 23.5 Å². The van der Waals surface area contributed by atoms with Gasteiger partial charge in [0.2, 0.25) is 0 Å². The molecule has 0 aliphatic rings. The summed E-state index contributed by atoms with van der Waals surface area (Å²) in [6, 6.07) is 16.8. The van der Waals surface area contributed by atoms with E-state index >= 15 is 0 Å². The molecule has 0 spiro atoms. The Bertz CT molecular complexity index is 1330. The molecule has 0 fully saturated rings. The van der Waals surface area contributed by atoms with Gasteiger partial charge in [0.05, 0.1) is 0 Å². The Balaban J connectivity index is 1.77. The van der Waals surface area contributed by atoms with Crippen LogP contribution < -0.4 is 0 Å². The van der Waals surface area contributed by atoms with E-state index < -0.39 is 0 Å². The number of hydrogen-bond acceptors (Lipinski definition) is 4. The summed E-state index contributed by atoms with van der Waals surface area (Å²) in [5.41, 5.74) is 6.63. The maximum Gasteiger partial charge on any atom is 0.179 e. The van der Waals surface area contributed by atoms with E-state index in [-0.39, 0.29) is 5.41 Å². The van der Waals surface area contributed by atoms with Crippen molar-refractivity contribution in [2.75, 3.05) is 0 Å². The van der Waals surface area contributed by atoms with Gasteiger partial charge in [0.15, 0.2) is 5.58 Å². The molecule has 2 aromatic carbocycles. The molecule has 5 rings (SSSR count). The van der Waals surface area contributed by atoms with Gasteiger partial charge in [0.25, 0.3) is 0 Å². The van der Waals surface area contributed by atoms with E-state index in [1.807, 2.05) is 12.1 Å². The number of furan rings is 1. The third-order valence-corrected chi connectivity index (χ3v) is 5.29. The van der Waals surface area contributed by atoms with Gasteiger partial charge in [-0.1, -0.05) is 45.0 Å². The van der Waals surface area contributed by atoms with Crippen LogP contribution in [0.2, 0.25) is 0 Å². The smallest absolute Gasteiger partial charge is 0.179 e. The van der Waals surface area contributed by atoms with Crippen molar-refractivity contribution in [1.29, 1.82) is 0 Å². The Labute approximate surface area is 169 Å². The van der Waals surface area contributed by atoms with E-state index in [0.29, 0.717) is 5.58 Å². The summed E-state index contributed by atoms with van der Waals surface area (Å²) in [7, 11) is 0. The summed E-state index contributed by atoms with van der Waals surface area (Å²) in [5.74, 6) is 0. The molecule has 0 saturated heterocycles. The molecule has 0 atom stereocenters. The van der Waals surface area contributed by atoms with Gasteiger partial charge in [0.1, 0.15) is 23.8 Å². The molecular formula is C25H21N3O. The summed E-state index contributed by atoms with van der Waals surface area (Å²) >= 11 is 0. The van der Waals surface area contributed by atoms with Gasteiger partial charge in [-0.2, -0.15) is 0 Å². The van der Waals surface area contributed by atoms with E-state index in [4.69, 9.17) is 4.42 Å². The summed E-state index contributed by atoms with van der Waals surface area (Å²) in [6.45, 7) is 6.72. The molecule has 29 heavy (non-hydrogen) atoms. The van der Waals surface area contributed by atoms with Gasteiger partial charge in [-0.3, -0.25) is 4.98 Å². The molecule has 0 amide bonds. The fourth-order valence-electron chi connectivity index (χ4n) is 3.86. The van der Waals surface area contributed by atoms with Crippen molar-refractivity contribution in [3.63, 3.8) is 0 Å². The Kier molecular flexibility index (Phi) is 3.95. The normalized spacial score (nSPS) is 12.0. The summed E-state index contributed by atoms with van der Waals surface area (Å²) in [6.07, 6.45) is 6.91. The van der Waals surface area contributed by atoms with Crippen LogP contribution in [0.5, 0.6) is 0 Å². The number of hydrogen-bond donors (Lipinski definition) is 0. The molecule has 3 aromatic heterocycles. The van der Waals surface area contributed by atoms with Crippen molar-refractivity contribution in [2.24, 2.45) is 0 Å². The SMILES string of the molecule is CC(C)(C)c1cc(-c2ncnc3c(-c4ccncc4)coc23)cc2ccccc12. The van der Waals surface area contributed by atoms with Crippen LogP contribution in [-0.4, -0.2) is 15.0 Å². The van der Waals surface area contributed by atoms with Crippen LogP contribution >= 0.6 is 0 Å². The molecule has 4 heteroatoms. The second-order valence-corrected chi connectivity index (χ2v) is 8.28. The maximum atomic E-state index is 5.98. The van der Waals surface area contributed by atoms with Gasteiger partial charge >= 0.3 is 0 Å². The molecular weight excluding hydrogens is 358 g/mol. The van der Waals surface area contributed by atoms with Crippen molar-refractivity contribution >= 4 is 21.9 Å². The van der Waals surface area contributed by atoms with Crippen molar-refractivity contribution in [3.05, 3.63) is 79.1 Å². The molecule has 0 N–H and O–H groups in total. The Morgan fingerprint density at radius 3 is 2.45 bits per heavy atom. The van der Waals surface area contributed by atoms with Crippen LogP contribution in [0, 0.1) is 0 Å². The second kappa shape index (κ2) is 6.52. The van der Waals surface area contributed by atoms with Crippen LogP contribution in [0.25, 0.3) is 44.3 Å². The van der Waals surface area contributed by atoms with Crippen molar-refractivity contribution < 1.29 is 4.42 Å². The average Bonchev–Trinajstić information content (AvgIpc) is 3.17. The van der Waals surface area contributed by atoms with Crippen LogP contribution in [0.15, 0.2) is 77.9 Å². The standard InChI is InChI=1S/C25H21N3O/c1-25(2,3)21-13-18(12-17-6-4-5-7-19(17)21)22-24-23(28-15-27-22)20(14-29-24)16-8-10-26-11-9-16/h4-15H,1-3H3. The van der Waals surface area contributed by atoms with Crippen molar-refractivity contribution in [3.8, 4) is 22.4 Å². The number of aromatic nitrogens is 3. The molecule has 5 aromatic rings. The van der Waals surface area contributed by atoms with E-state index in [1.165, 1.54) is 16.3 Å². The van der Waals surface area contributed by atoms with Gasteiger partial charge in [-0.25, -0.2) is 9.97 Å². The van der Waals surface area contributed by atoms with Gasteiger partial charge < -0.3 is 4.42 Å². The first kappa shape index (κ1) is 17.6. The minimum absolute atomic E-state index is 0.00707. The minimum Gasteiger partial charge on any atom is -0.460 e. The predicted octanol–water partition coefficient (Wildman–Crippen LogP) is 6.40. The Hall–Kier alpha value is -3.53. The summed E-state index contributed by atoms with van der Waals surface area (Å²) in [5, 5.41) is 2.47. The summed E-state index contributed by atoms with van der Waals surface area (Å²) in [4.78, 5) is 13.2. The highest BCUT2D eigenvalue weighted by Gasteiger charge is 2.21. The second-order valence-electron chi connectivity index (χ2n) is 8.28. The number of fused-ring (bicyclic) bond motifs is 2. The van der Waals surface area contributed by atoms with Crippen molar-refractivity contribution in [1.82, 2.24) is 15.0 Å². The lowest BCUT2D eigenvalue weighted by atomic mass is 9.82. The first-order valence-corrected chi connectivity index (χ1v) is 9.68. The van der Waals surface area contributed by atoms with Crippen LogP contribution in [0.3, 0.4) is 0 Å². The minimum atomic E-state index is 0.00707. The van der Waals surface area contributed by atoms with Crippen LogP contribution in [-0.2, 0) is 5.41 Å². The quantitative estimate of drug-likeness (QED) is 0.356.